The van der Waals surface area contributed by atoms with Crippen molar-refractivity contribution in [3.63, 3.8) is 0 Å². The first kappa shape index (κ1) is 63.8. The number of rotatable bonds is 47. The van der Waals surface area contributed by atoms with E-state index in [4.69, 9.17) is 18.9 Å². The molecule has 0 amide bonds. The third-order valence-electron chi connectivity index (χ3n) is 12.1. The normalized spacial score (nSPS) is 19.8. The van der Waals surface area contributed by atoms with Gasteiger partial charge in [-0.1, -0.05) is 190 Å². The predicted molar refractivity (Wildman–Crippen MR) is 276 cm³/mol. The summed E-state index contributed by atoms with van der Waals surface area (Å²) in [4.78, 5) is 12.9. The number of aliphatic hydroxyl groups excluding tert-OH is 3. The minimum absolute atomic E-state index is 0.0266. The lowest BCUT2D eigenvalue weighted by Gasteiger charge is -2.41. The summed E-state index contributed by atoms with van der Waals surface area (Å²) in [5, 5.41) is 30.8. The number of hydrogen-bond acceptors (Lipinski definition) is 11. The number of aliphatic hydroxyl groups is 3. The molecule has 6 atom stereocenters. The van der Waals surface area contributed by atoms with Crippen molar-refractivity contribution < 1.29 is 56.2 Å². The highest BCUT2D eigenvalue weighted by molar-refractivity contribution is 7.80. The Bertz CT molecular complexity index is 1410. The number of carbonyl (C=O) groups is 1. The zero-order valence-electron chi connectivity index (χ0n) is 42.7. The molecule has 1 rings (SSSR count). The summed E-state index contributed by atoms with van der Waals surface area (Å²) < 4.78 is 59.3. The fourth-order valence-electron chi connectivity index (χ4n) is 8.00. The van der Waals surface area contributed by atoms with Crippen LogP contribution in [0.25, 0.3) is 0 Å². The summed E-state index contributed by atoms with van der Waals surface area (Å²) in [6, 6.07) is 0. The Balaban J connectivity index is 2.31. The standard InChI is InChI=1S/C55H98O12S/c1-3-5-7-9-11-13-15-17-19-20-21-22-23-24-25-26-27-28-29-31-33-35-37-39-41-43-45-63-47-49(48-64-55-53(59)54(67-68(60,61)62)52(58)50(46-56)66-55)65-51(57)44-42-40-38-36-34-32-30-18-16-14-12-10-8-6-4-2/h12,14-15,17-18,20-21,23-24,30,49-50,52-56,58-59H,3-11,13,16,19,22,25-29,31-48H2,1-2H3,(H,60,61,62)/b14-12-,17-15-,21-20-,24-23-,30-18-. The lowest BCUT2D eigenvalue weighted by molar-refractivity contribution is -0.301. The quantitative estimate of drug-likeness (QED) is 0.0197. The van der Waals surface area contributed by atoms with Crippen LogP contribution in [0, 0.1) is 0 Å². The van der Waals surface area contributed by atoms with E-state index in [0.717, 1.165) is 77.0 Å². The van der Waals surface area contributed by atoms with Crippen LogP contribution in [0.2, 0.25) is 0 Å². The van der Waals surface area contributed by atoms with Crippen molar-refractivity contribution in [2.24, 2.45) is 0 Å². The first-order valence-corrected chi connectivity index (χ1v) is 28.4. The maximum atomic E-state index is 12.9. The van der Waals surface area contributed by atoms with Crippen molar-refractivity contribution >= 4 is 16.4 Å². The molecule has 6 unspecified atom stereocenters. The maximum Gasteiger partial charge on any atom is 0.397 e. The molecule has 12 nitrogen and oxygen atoms in total. The van der Waals surface area contributed by atoms with Crippen LogP contribution < -0.4 is 0 Å². The molecule has 0 radical (unpaired) electrons. The van der Waals surface area contributed by atoms with Gasteiger partial charge in [-0.05, 0) is 83.5 Å². The monoisotopic (exact) mass is 983 g/mol. The molecule has 4 N–H and O–H groups in total. The molecule has 1 aliphatic heterocycles. The average molecular weight is 983 g/mol. The van der Waals surface area contributed by atoms with Gasteiger partial charge in [-0.15, -0.1) is 0 Å². The van der Waals surface area contributed by atoms with E-state index >= 15 is 0 Å². The lowest BCUT2D eigenvalue weighted by atomic mass is 9.99. The molecule has 0 aromatic rings. The molecule has 1 heterocycles. The number of esters is 1. The second-order valence-electron chi connectivity index (χ2n) is 18.5. The van der Waals surface area contributed by atoms with E-state index < -0.39 is 59.8 Å². The highest BCUT2D eigenvalue weighted by Gasteiger charge is 2.48. The topological polar surface area (TPSA) is 178 Å². The van der Waals surface area contributed by atoms with Gasteiger partial charge in [0.1, 0.15) is 30.5 Å². The minimum atomic E-state index is -5.07. The first-order chi connectivity index (χ1) is 33.1. The minimum Gasteiger partial charge on any atom is -0.457 e. The van der Waals surface area contributed by atoms with Gasteiger partial charge < -0.3 is 34.3 Å². The van der Waals surface area contributed by atoms with Gasteiger partial charge in [0.15, 0.2) is 6.29 Å². The molecular weight excluding hydrogens is 885 g/mol. The van der Waals surface area contributed by atoms with Gasteiger partial charge in [0.25, 0.3) is 0 Å². The number of allylic oxidation sites excluding steroid dienone is 10. The van der Waals surface area contributed by atoms with Crippen molar-refractivity contribution in [1.29, 1.82) is 0 Å². The highest BCUT2D eigenvalue weighted by atomic mass is 32.3. The molecular formula is C55H98O12S. The Kier molecular flexibility index (Phi) is 43.1. The second kappa shape index (κ2) is 45.9. The molecule has 0 bridgehead atoms. The molecule has 0 saturated carbocycles. The lowest BCUT2D eigenvalue weighted by Crippen LogP contribution is -2.60. The van der Waals surface area contributed by atoms with Gasteiger partial charge in [-0.3, -0.25) is 9.35 Å². The van der Waals surface area contributed by atoms with E-state index in [1.54, 1.807) is 0 Å². The van der Waals surface area contributed by atoms with Crippen LogP contribution in [0.1, 0.15) is 219 Å². The van der Waals surface area contributed by atoms with Gasteiger partial charge in [-0.2, -0.15) is 8.42 Å². The fraction of sp³-hybridized carbons (Fsp3) is 0.800. The van der Waals surface area contributed by atoms with Gasteiger partial charge in [-0.25, -0.2) is 4.18 Å². The second-order valence-corrected chi connectivity index (χ2v) is 19.5. The van der Waals surface area contributed by atoms with Crippen molar-refractivity contribution in [2.75, 3.05) is 26.4 Å². The molecule has 1 aliphatic rings. The zero-order valence-corrected chi connectivity index (χ0v) is 43.5. The maximum absolute atomic E-state index is 12.9. The molecule has 0 aliphatic carbocycles. The fourth-order valence-corrected chi connectivity index (χ4v) is 8.51. The van der Waals surface area contributed by atoms with Crippen LogP contribution in [-0.2, 0) is 38.3 Å². The molecule has 68 heavy (non-hydrogen) atoms. The molecule has 1 saturated heterocycles. The summed E-state index contributed by atoms with van der Waals surface area (Å²) in [6.07, 6.45) is 49.7. The summed E-state index contributed by atoms with van der Waals surface area (Å²) in [5.41, 5.74) is 0. The third kappa shape index (κ3) is 38.5. The van der Waals surface area contributed by atoms with Crippen LogP contribution in [-0.4, -0.2) is 97.5 Å². The Morgan fingerprint density at radius 2 is 0.971 bits per heavy atom. The summed E-state index contributed by atoms with van der Waals surface area (Å²) >= 11 is 0. The summed E-state index contributed by atoms with van der Waals surface area (Å²) in [5.74, 6) is -0.414. The average Bonchev–Trinajstić information content (AvgIpc) is 3.31. The molecule has 0 aromatic heterocycles. The zero-order chi connectivity index (χ0) is 49.6. The smallest absolute Gasteiger partial charge is 0.397 e. The van der Waals surface area contributed by atoms with Gasteiger partial charge in [0, 0.05) is 13.0 Å². The number of carbonyl (C=O) groups excluding carboxylic acids is 1. The Morgan fingerprint density at radius 3 is 1.44 bits per heavy atom. The number of ether oxygens (including phenoxy) is 4. The van der Waals surface area contributed by atoms with Gasteiger partial charge in [0.05, 0.1) is 19.8 Å². The number of unbranched alkanes of at least 4 members (excludes halogenated alkanes) is 24. The SMILES string of the molecule is CCCCC/C=C\C/C=C\CCCCCCCC(=O)OC(COCCCCCCCCCCCCC/C=C\C/C=C\C/C=C\CCCCCCC)COC1OC(CO)C(O)C(OS(=O)(=O)O)C1O. The Labute approximate surface area is 414 Å². The van der Waals surface area contributed by atoms with E-state index in [9.17, 15) is 33.1 Å². The van der Waals surface area contributed by atoms with Crippen molar-refractivity contribution in [1.82, 2.24) is 0 Å². The molecule has 13 heteroatoms. The van der Waals surface area contributed by atoms with E-state index in [0.29, 0.717) is 13.0 Å². The highest BCUT2D eigenvalue weighted by Crippen LogP contribution is 2.26. The van der Waals surface area contributed by atoms with Gasteiger partial charge >= 0.3 is 16.4 Å². The number of hydrogen-bond donors (Lipinski definition) is 4. The van der Waals surface area contributed by atoms with E-state index in [1.165, 1.54) is 116 Å². The van der Waals surface area contributed by atoms with Crippen molar-refractivity contribution in [3.8, 4) is 0 Å². The van der Waals surface area contributed by atoms with Crippen LogP contribution in [0.3, 0.4) is 0 Å². The Morgan fingerprint density at radius 1 is 0.559 bits per heavy atom. The first-order valence-electron chi connectivity index (χ1n) is 27.0. The van der Waals surface area contributed by atoms with Gasteiger partial charge in [0.2, 0.25) is 0 Å². The Hall–Kier alpha value is -2.20. The third-order valence-corrected chi connectivity index (χ3v) is 12.6. The largest absolute Gasteiger partial charge is 0.457 e. The molecule has 396 valence electrons. The molecule has 1 fully saturated rings. The van der Waals surface area contributed by atoms with Crippen LogP contribution >= 0.6 is 0 Å². The van der Waals surface area contributed by atoms with E-state index in [2.05, 4.69) is 78.8 Å². The van der Waals surface area contributed by atoms with Crippen molar-refractivity contribution in [2.45, 2.75) is 256 Å². The van der Waals surface area contributed by atoms with Crippen molar-refractivity contribution in [3.05, 3.63) is 60.8 Å². The molecule has 0 spiro atoms. The van der Waals surface area contributed by atoms with Crippen LogP contribution in [0.15, 0.2) is 60.8 Å². The summed E-state index contributed by atoms with van der Waals surface area (Å²) in [6.45, 7) is 3.94. The van der Waals surface area contributed by atoms with E-state index in [-0.39, 0.29) is 19.6 Å². The van der Waals surface area contributed by atoms with Crippen LogP contribution in [0.4, 0.5) is 0 Å². The van der Waals surface area contributed by atoms with Crippen LogP contribution in [0.5, 0.6) is 0 Å². The summed E-state index contributed by atoms with van der Waals surface area (Å²) in [7, 11) is -5.07. The van der Waals surface area contributed by atoms with E-state index in [1.807, 2.05) is 0 Å². The predicted octanol–water partition coefficient (Wildman–Crippen LogP) is 12.9. The molecule has 0 aromatic carbocycles.